The van der Waals surface area contributed by atoms with E-state index in [-0.39, 0.29) is 23.0 Å². The Balaban J connectivity index is 0.000000332. The standard InChI is InChI=1S/C17H28N2O6Si.C13H29NO5Si/c1-8-24-26(22-6,23-7)25-14-11-9-13(10-12-14)15-18(20)16(2,3)17(4,5)19(15)21;1-8-18-20(16-6,17-7)19-11-9-12(2,3)14(15)13(4,5)10-11/h9-12,20H,8H2,1-7H3;11,15H,8-10H2,1-7H3. The molecule has 2 heterocycles. The number of hydroxylamine groups is 5. The number of hydrogen-bond acceptors (Lipinski definition) is 13. The van der Waals surface area contributed by atoms with Crippen LogP contribution in [0, 0.1) is 5.21 Å². The third kappa shape index (κ3) is 8.30. The van der Waals surface area contributed by atoms with Crippen LogP contribution in [0.2, 0.25) is 0 Å². The van der Waals surface area contributed by atoms with Crippen molar-refractivity contribution in [2.75, 3.05) is 41.7 Å². The molecule has 0 atom stereocenters. The molecule has 0 aliphatic carbocycles. The molecule has 0 amide bonds. The van der Waals surface area contributed by atoms with Crippen molar-refractivity contribution in [2.24, 2.45) is 0 Å². The fourth-order valence-electron chi connectivity index (χ4n) is 5.64. The highest BCUT2D eigenvalue weighted by Crippen LogP contribution is 2.39. The van der Waals surface area contributed by atoms with Gasteiger partial charge in [0, 0.05) is 52.7 Å². The molecule has 1 fully saturated rings. The molecular weight excluding hydrogens is 635 g/mol. The molecule has 46 heavy (non-hydrogen) atoms. The Morgan fingerprint density at radius 2 is 1.22 bits per heavy atom. The van der Waals surface area contributed by atoms with Gasteiger partial charge in [0.05, 0.1) is 11.7 Å². The molecule has 0 spiro atoms. The fraction of sp³-hybridized carbons (Fsp3) is 0.767. The Labute approximate surface area is 277 Å². The molecule has 266 valence electrons. The lowest BCUT2D eigenvalue weighted by molar-refractivity contribution is -0.539. The minimum Gasteiger partial charge on any atom is -0.714 e. The topological polar surface area (TPSA) is 147 Å². The Morgan fingerprint density at radius 3 is 1.59 bits per heavy atom. The SMILES string of the molecule is CCO[Si](OC)(OC)OC1CC(C)(C)N(O)C(C)(C)C1.CCO[Si](OC)(OC)Oc1ccc(C2=[N+]([O-])C(C)(C)C(C)(C)N2O)cc1. The van der Waals surface area contributed by atoms with Crippen LogP contribution in [0.1, 0.15) is 87.6 Å². The van der Waals surface area contributed by atoms with Crippen molar-refractivity contribution >= 4 is 23.9 Å². The van der Waals surface area contributed by atoms with E-state index in [1.807, 2.05) is 55.4 Å². The predicted octanol–water partition coefficient (Wildman–Crippen LogP) is 4.53. The zero-order chi connectivity index (χ0) is 35.4. The maximum Gasteiger partial charge on any atom is 0.749 e. The van der Waals surface area contributed by atoms with Crippen LogP contribution in [-0.2, 0) is 31.0 Å². The summed E-state index contributed by atoms with van der Waals surface area (Å²) >= 11 is 0. The Morgan fingerprint density at radius 1 is 0.783 bits per heavy atom. The molecule has 1 aromatic rings. The van der Waals surface area contributed by atoms with Crippen LogP contribution in [0.15, 0.2) is 24.3 Å². The van der Waals surface area contributed by atoms with E-state index in [9.17, 15) is 15.6 Å². The molecule has 14 nitrogen and oxygen atoms in total. The molecule has 2 aliphatic rings. The molecule has 2 aliphatic heterocycles. The molecule has 3 rings (SSSR count). The summed E-state index contributed by atoms with van der Waals surface area (Å²) in [5.74, 6) is 0.676. The third-order valence-electron chi connectivity index (χ3n) is 8.84. The zero-order valence-corrected chi connectivity index (χ0v) is 32.1. The molecule has 0 unspecified atom stereocenters. The Kier molecular flexibility index (Phi) is 13.4. The van der Waals surface area contributed by atoms with Gasteiger partial charge in [-0.15, -0.1) is 5.06 Å². The van der Waals surface area contributed by atoms with Gasteiger partial charge in [0.15, 0.2) is 5.54 Å². The van der Waals surface area contributed by atoms with Gasteiger partial charge in [-0.1, -0.05) is 0 Å². The van der Waals surface area contributed by atoms with E-state index in [1.54, 1.807) is 52.3 Å². The molecule has 2 N–H and O–H groups in total. The fourth-order valence-corrected chi connectivity index (χ4v) is 8.64. The Bertz CT molecular complexity index is 1140. The van der Waals surface area contributed by atoms with Gasteiger partial charge in [-0.05, 0) is 106 Å². The third-order valence-corrected chi connectivity index (χ3v) is 13.2. The monoisotopic (exact) mass is 691 g/mol. The smallest absolute Gasteiger partial charge is 0.714 e. The van der Waals surface area contributed by atoms with Crippen molar-refractivity contribution in [2.45, 2.75) is 110 Å². The van der Waals surface area contributed by atoms with E-state index in [0.29, 0.717) is 37.4 Å². The molecule has 0 bridgehead atoms. The number of nitrogens with zero attached hydrogens (tertiary/aromatic N) is 3. The van der Waals surface area contributed by atoms with Crippen molar-refractivity contribution in [3.05, 3.63) is 35.0 Å². The van der Waals surface area contributed by atoms with E-state index < -0.39 is 29.2 Å². The largest absolute Gasteiger partial charge is 0.749 e. The highest BCUT2D eigenvalue weighted by molar-refractivity contribution is 6.54. The van der Waals surface area contributed by atoms with E-state index in [1.165, 1.54) is 19.3 Å². The first kappa shape index (κ1) is 40.5. The maximum atomic E-state index is 12.7. The normalized spacial score (nSPS) is 21.3. The average Bonchev–Trinajstić information content (AvgIpc) is 3.11. The quantitative estimate of drug-likeness (QED) is 0.170. The second kappa shape index (κ2) is 15.3. The summed E-state index contributed by atoms with van der Waals surface area (Å²) in [6, 6.07) is 6.77. The van der Waals surface area contributed by atoms with E-state index >= 15 is 0 Å². The minimum absolute atomic E-state index is 0.0819. The lowest BCUT2D eigenvalue weighted by atomic mass is 9.80. The highest BCUT2D eigenvalue weighted by atomic mass is 28.4. The first-order valence-electron chi connectivity index (χ1n) is 15.5. The van der Waals surface area contributed by atoms with Crippen LogP contribution in [0.3, 0.4) is 0 Å². The van der Waals surface area contributed by atoms with Gasteiger partial charge in [-0.2, -0.15) is 5.06 Å². The number of rotatable bonds is 13. The van der Waals surface area contributed by atoms with Crippen LogP contribution >= 0.6 is 0 Å². The predicted molar refractivity (Wildman–Crippen MR) is 175 cm³/mol. The average molecular weight is 692 g/mol. The van der Waals surface area contributed by atoms with Crippen LogP contribution < -0.4 is 4.43 Å². The molecule has 0 saturated carbocycles. The number of benzene rings is 1. The summed E-state index contributed by atoms with van der Waals surface area (Å²) in [6.45, 7) is 19.8. The van der Waals surface area contributed by atoms with Crippen molar-refractivity contribution in [3.8, 4) is 5.75 Å². The van der Waals surface area contributed by atoms with E-state index in [4.69, 9.17) is 35.4 Å². The highest BCUT2D eigenvalue weighted by Gasteiger charge is 2.59. The zero-order valence-electron chi connectivity index (χ0n) is 30.1. The first-order chi connectivity index (χ1) is 21.2. The lowest BCUT2D eigenvalue weighted by Gasteiger charge is -2.51. The maximum absolute atomic E-state index is 12.7. The van der Waals surface area contributed by atoms with Crippen molar-refractivity contribution in [1.29, 1.82) is 0 Å². The number of piperidine rings is 1. The summed E-state index contributed by atoms with van der Waals surface area (Å²) in [6.07, 6.45) is 1.28. The van der Waals surface area contributed by atoms with E-state index in [2.05, 4.69) is 0 Å². The molecule has 0 aromatic heterocycles. The summed E-state index contributed by atoms with van der Waals surface area (Å²) in [4.78, 5) is 0. The van der Waals surface area contributed by atoms with Crippen molar-refractivity contribution < 1.29 is 50.6 Å². The van der Waals surface area contributed by atoms with Crippen LogP contribution in [0.25, 0.3) is 0 Å². The van der Waals surface area contributed by atoms with Crippen molar-refractivity contribution in [1.82, 2.24) is 10.1 Å². The van der Waals surface area contributed by atoms with Gasteiger partial charge in [0.1, 0.15) is 11.3 Å². The number of hydrogen-bond donors (Lipinski definition) is 2. The van der Waals surface area contributed by atoms with Crippen LogP contribution in [0.5, 0.6) is 5.75 Å². The van der Waals surface area contributed by atoms with Gasteiger partial charge >= 0.3 is 23.9 Å². The van der Waals surface area contributed by atoms with Crippen LogP contribution in [-0.4, -0.2) is 119 Å². The van der Waals surface area contributed by atoms with E-state index in [0.717, 1.165) is 9.80 Å². The van der Waals surface area contributed by atoms with Crippen LogP contribution in [0.4, 0.5) is 0 Å². The molecule has 0 radical (unpaired) electrons. The second-order valence-corrected chi connectivity index (χ2v) is 18.1. The number of amidine groups is 1. The summed E-state index contributed by atoms with van der Waals surface area (Å²) in [7, 11) is -0.295. The lowest BCUT2D eigenvalue weighted by Crippen LogP contribution is -2.62. The summed E-state index contributed by atoms with van der Waals surface area (Å²) < 4.78 is 45.2. The van der Waals surface area contributed by atoms with Gasteiger partial charge in [0.25, 0.3) is 0 Å². The van der Waals surface area contributed by atoms with Gasteiger partial charge in [-0.3, -0.25) is 4.74 Å². The first-order valence-corrected chi connectivity index (χ1v) is 18.7. The molecular formula is C30H57N3O11Si2. The van der Waals surface area contributed by atoms with Gasteiger partial charge in [-0.25, -0.2) is 5.21 Å². The molecule has 1 saturated heterocycles. The molecule has 1 aromatic carbocycles. The summed E-state index contributed by atoms with van der Waals surface area (Å²) in [5.41, 5.74) is -1.72. The minimum atomic E-state index is -3.24. The van der Waals surface area contributed by atoms with Crippen molar-refractivity contribution in [3.63, 3.8) is 0 Å². The molecule has 16 heteroatoms. The second-order valence-electron chi connectivity index (χ2n) is 13.4. The Hall–Kier alpha value is -1.68. The summed E-state index contributed by atoms with van der Waals surface area (Å²) in [5, 5.41) is 36.0. The van der Waals surface area contributed by atoms with Gasteiger partial charge < -0.3 is 45.8 Å². The van der Waals surface area contributed by atoms with Gasteiger partial charge in [0.2, 0.25) is 0 Å².